The van der Waals surface area contributed by atoms with Gasteiger partial charge in [-0.3, -0.25) is 9.59 Å². The van der Waals surface area contributed by atoms with Crippen LogP contribution in [-0.2, 0) is 19.6 Å². The minimum absolute atomic E-state index is 0.00531. The van der Waals surface area contributed by atoms with Gasteiger partial charge in [-0.15, -0.1) is 0 Å². The Kier molecular flexibility index (Phi) is 7.83. The first kappa shape index (κ1) is 26.6. The van der Waals surface area contributed by atoms with Gasteiger partial charge in [0.2, 0.25) is 10.0 Å². The van der Waals surface area contributed by atoms with Gasteiger partial charge in [0.05, 0.1) is 16.5 Å². The molecule has 0 spiro atoms. The van der Waals surface area contributed by atoms with E-state index in [1.807, 2.05) is 43.3 Å². The Labute approximate surface area is 207 Å². The van der Waals surface area contributed by atoms with Crippen LogP contribution in [0.4, 0.5) is 0 Å². The van der Waals surface area contributed by atoms with Crippen LogP contribution in [0.25, 0.3) is 5.76 Å². The second-order valence-corrected chi connectivity index (χ2v) is 11.6. The van der Waals surface area contributed by atoms with Crippen LogP contribution in [0.5, 0.6) is 0 Å². The minimum atomic E-state index is -3.65. The van der Waals surface area contributed by atoms with Crippen molar-refractivity contribution in [3.05, 3.63) is 70.8 Å². The first-order valence-corrected chi connectivity index (χ1v) is 12.9. The number of amides is 1. The molecule has 0 radical (unpaired) electrons. The molecule has 0 unspecified atom stereocenters. The predicted molar refractivity (Wildman–Crippen MR) is 135 cm³/mol. The number of sulfonamides is 1. The quantitative estimate of drug-likeness (QED) is 0.341. The first-order chi connectivity index (χ1) is 16.4. The van der Waals surface area contributed by atoms with E-state index < -0.39 is 27.8 Å². The summed E-state index contributed by atoms with van der Waals surface area (Å²) in [6.45, 7) is 5.02. The molecule has 1 saturated heterocycles. The molecule has 1 aliphatic rings. The zero-order valence-corrected chi connectivity index (χ0v) is 21.8. The van der Waals surface area contributed by atoms with Crippen molar-refractivity contribution in [2.45, 2.75) is 30.7 Å². The van der Waals surface area contributed by atoms with Gasteiger partial charge in [-0.2, -0.15) is 0 Å². The van der Waals surface area contributed by atoms with Gasteiger partial charge in [0.25, 0.3) is 11.7 Å². The molecule has 188 valence electrons. The number of hydrogen-bond acceptors (Lipinski definition) is 6. The monoisotopic (exact) mass is 499 g/mol. The minimum Gasteiger partial charge on any atom is -0.507 e. The summed E-state index contributed by atoms with van der Waals surface area (Å²) in [5.41, 5.74) is 2.10. The molecule has 1 heterocycles. The average molecular weight is 500 g/mol. The van der Waals surface area contributed by atoms with Gasteiger partial charge in [-0.05, 0) is 55.4 Å². The Balaban J connectivity index is 2.12. The topological polar surface area (TPSA) is 98.2 Å². The van der Waals surface area contributed by atoms with Gasteiger partial charge in [-0.25, -0.2) is 12.7 Å². The van der Waals surface area contributed by atoms with Crippen LogP contribution in [0.2, 0.25) is 0 Å². The van der Waals surface area contributed by atoms with E-state index in [1.165, 1.54) is 43.3 Å². The number of aliphatic hydroxyl groups is 1. The molecule has 2 aromatic carbocycles. The summed E-state index contributed by atoms with van der Waals surface area (Å²) >= 11 is 0. The first-order valence-electron chi connectivity index (χ1n) is 11.4. The number of ketones is 1. The molecule has 0 saturated carbocycles. The summed E-state index contributed by atoms with van der Waals surface area (Å²) < 4.78 is 25.9. The lowest BCUT2D eigenvalue weighted by Gasteiger charge is -2.27. The Bertz CT molecular complexity index is 1230. The lowest BCUT2D eigenvalue weighted by Crippen LogP contribution is -2.35. The number of nitrogens with zero attached hydrogens (tertiary/aromatic N) is 3. The second kappa shape index (κ2) is 10.3. The van der Waals surface area contributed by atoms with Crippen molar-refractivity contribution in [2.24, 2.45) is 0 Å². The maximum absolute atomic E-state index is 13.1. The van der Waals surface area contributed by atoms with Gasteiger partial charge in [0.1, 0.15) is 5.76 Å². The highest BCUT2D eigenvalue weighted by Gasteiger charge is 2.45. The van der Waals surface area contributed by atoms with E-state index in [4.69, 9.17) is 0 Å². The molecule has 1 amide bonds. The number of aliphatic hydroxyl groups excluding tert-OH is 1. The van der Waals surface area contributed by atoms with Crippen molar-refractivity contribution in [2.75, 3.05) is 41.3 Å². The second-order valence-electron chi connectivity index (χ2n) is 9.43. The summed E-state index contributed by atoms with van der Waals surface area (Å²) in [6.07, 6.45) is 0. The maximum atomic E-state index is 13.1. The number of hydrogen-bond donors (Lipinski definition) is 1. The van der Waals surface area contributed by atoms with Crippen LogP contribution in [0.15, 0.2) is 59.0 Å². The number of likely N-dealkylation sites (N-methyl/N-ethyl adjacent to an activating group) is 1. The van der Waals surface area contributed by atoms with E-state index in [1.54, 1.807) is 0 Å². The van der Waals surface area contributed by atoms with Crippen LogP contribution >= 0.6 is 0 Å². The molecule has 1 fully saturated rings. The highest BCUT2D eigenvalue weighted by atomic mass is 32.2. The number of rotatable bonds is 8. The van der Waals surface area contributed by atoms with Crippen molar-refractivity contribution in [1.82, 2.24) is 14.1 Å². The van der Waals surface area contributed by atoms with E-state index >= 15 is 0 Å². The number of carbonyl (C=O) groups excluding carboxylic acids is 2. The zero-order chi connectivity index (χ0) is 26.1. The predicted octanol–water partition coefficient (Wildman–Crippen LogP) is 3.04. The van der Waals surface area contributed by atoms with E-state index in [2.05, 4.69) is 13.8 Å². The molecular weight excluding hydrogens is 466 g/mol. The van der Waals surface area contributed by atoms with Crippen molar-refractivity contribution in [3.8, 4) is 0 Å². The van der Waals surface area contributed by atoms with Crippen molar-refractivity contribution >= 4 is 27.5 Å². The summed E-state index contributed by atoms with van der Waals surface area (Å²) in [5.74, 6) is -1.44. The highest BCUT2D eigenvalue weighted by molar-refractivity contribution is 7.89. The summed E-state index contributed by atoms with van der Waals surface area (Å²) in [6, 6.07) is 12.6. The number of Topliss-reactive ketones (excluding diaryl/α,β-unsaturated/α-hetero) is 1. The van der Waals surface area contributed by atoms with Gasteiger partial charge >= 0.3 is 0 Å². The number of benzene rings is 2. The van der Waals surface area contributed by atoms with Crippen LogP contribution in [0.3, 0.4) is 0 Å². The lowest BCUT2D eigenvalue weighted by atomic mass is 9.93. The fourth-order valence-electron chi connectivity index (χ4n) is 3.98. The van der Waals surface area contributed by atoms with E-state index in [0.29, 0.717) is 19.0 Å². The molecule has 1 aliphatic heterocycles. The largest absolute Gasteiger partial charge is 0.507 e. The molecule has 3 rings (SSSR count). The number of likely N-dealkylation sites (tertiary alicyclic amines) is 1. The zero-order valence-electron chi connectivity index (χ0n) is 21.0. The Morgan fingerprint density at radius 2 is 1.54 bits per heavy atom. The van der Waals surface area contributed by atoms with Crippen LogP contribution < -0.4 is 0 Å². The molecule has 35 heavy (non-hydrogen) atoms. The van der Waals surface area contributed by atoms with Gasteiger partial charge in [0.15, 0.2) is 0 Å². The fraction of sp³-hybridized carbons (Fsp3) is 0.385. The molecule has 2 aromatic rings. The van der Waals surface area contributed by atoms with E-state index in [-0.39, 0.29) is 21.8 Å². The molecule has 9 heteroatoms. The molecule has 8 nitrogen and oxygen atoms in total. The molecule has 0 aromatic heterocycles. The normalized spacial score (nSPS) is 18.3. The summed E-state index contributed by atoms with van der Waals surface area (Å²) in [4.78, 5) is 29.6. The van der Waals surface area contributed by atoms with Crippen molar-refractivity contribution in [3.63, 3.8) is 0 Å². The standard InChI is InChI=1S/C26H33N3O5S/c1-17(2)18-7-9-19(10-8-18)23-22(25(31)26(32)29(23)16-15-27(3)4)24(30)20-11-13-21(14-12-20)35(33,34)28(5)6/h7-14,17,23,30H,15-16H2,1-6H3/t23-/m0/s1. The molecule has 0 aliphatic carbocycles. The third kappa shape index (κ3) is 5.32. The fourth-order valence-corrected chi connectivity index (χ4v) is 4.88. The molecular formula is C26H33N3O5S. The van der Waals surface area contributed by atoms with Crippen LogP contribution in [0, 0.1) is 0 Å². The Morgan fingerprint density at radius 1 is 0.971 bits per heavy atom. The van der Waals surface area contributed by atoms with E-state index in [0.717, 1.165) is 15.4 Å². The SMILES string of the molecule is CC(C)c1ccc([C@H]2C(=C(O)c3ccc(S(=O)(=O)N(C)C)cc3)C(=O)C(=O)N2CCN(C)C)cc1. The average Bonchev–Trinajstić information content (AvgIpc) is 3.07. The summed E-state index contributed by atoms with van der Waals surface area (Å²) in [7, 11) is 2.98. The Morgan fingerprint density at radius 3 is 2.03 bits per heavy atom. The molecule has 0 bridgehead atoms. The van der Waals surface area contributed by atoms with Crippen molar-refractivity contribution in [1.29, 1.82) is 0 Å². The molecule has 1 N–H and O–H groups in total. The smallest absolute Gasteiger partial charge is 0.295 e. The third-order valence-electron chi connectivity index (χ3n) is 6.15. The maximum Gasteiger partial charge on any atom is 0.295 e. The van der Waals surface area contributed by atoms with Gasteiger partial charge in [0, 0.05) is 32.7 Å². The summed E-state index contributed by atoms with van der Waals surface area (Å²) in [5, 5.41) is 11.2. The Hall–Kier alpha value is -3.01. The van der Waals surface area contributed by atoms with Crippen LogP contribution in [0.1, 0.15) is 42.5 Å². The van der Waals surface area contributed by atoms with Crippen LogP contribution in [-0.4, -0.2) is 80.6 Å². The third-order valence-corrected chi connectivity index (χ3v) is 7.98. The van der Waals surface area contributed by atoms with Gasteiger partial charge in [-0.1, -0.05) is 38.1 Å². The van der Waals surface area contributed by atoms with Crippen molar-refractivity contribution < 1.29 is 23.1 Å². The van der Waals surface area contributed by atoms with Gasteiger partial charge < -0.3 is 14.9 Å². The highest BCUT2D eigenvalue weighted by Crippen LogP contribution is 2.39. The number of carbonyl (C=O) groups is 2. The molecule has 1 atom stereocenters. The van der Waals surface area contributed by atoms with E-state index in [9.17, 15) is 23.1 Å². The lowest BCUT2D eigenvalue weighted by molar-refractivity contribution is -0.140.